The van der Waals surface area contributed by atoms with Crippen molar-refractivity contribution in [1.29, 1.82) is 0 Å². The summed E-state index contributed by atoms with van der Waals surface area (Å²) in [5.41, 5.74) is 0.459. The molecule has 5 nitrogen and oxygen atoms in total. The van der Waals surface area contributed by atoms with Gasteiger partial charge in [-0.15, -0.1) is 0 Å². The molecule has 0 bridgehead atoms. The van der Waals surface area contributed by atoms with E-state index in [9.17, 15) is 9.59 Å². The van der Waals surface area contributed by atoms with E-state index in [1.165, 1.54) is 0 Å². The monoisotopic (exact) mass is 265 g/mol. The van der Waals surface area contributed by atoms with E-state index in [1.54, 1.807) is 31.2 Å². The molecule has 104 valence electrons. The van der Waals surface area contributed by atoms with Gasteiger partial charge in [0, 0.05) is 6.04 Å². The molecule has 0 aromatic heterocycles. The van der Waals surface area contributed by atoms with Crippen molar-refractivity contribution in [2.75, 3.05) is 13.2 Å². The molecular formula is C14H19NO4. The highest BCUT2D eigenvalue weighted by molar-refractivity contribution is 5.89. The summed E-state index contributed by atoms with van der Waals surface area (Å²) in [5, 5.41) is 2.72. The molecule has 0 aliphatic rings. The highest BCUT2D eigenvalue weighted by Gasteiger charge is 2.07. The van der Waals surface area contributed by atoms with Gasteiger partial charge in [0.15, 0.2) is 6.61 Å². The fraction of sp³-hybridized carbons (Fsp3) is 0.429. The minimum absolute atomic E-state index is 0.0447. The van der Waals surface area contributed by atoms with Crippen LogP contribution in [0.4, 0.5) is 0 Å². The Morgan fingerprint density at radius 1 is 1.21 bits per heavy atom. The second-order valence-corrected chi connectivity index (χ2v) is 4.26. The first kappa shape index (κ1) is 15.0. The Morgan fingerprint density at radius 3 is 2.37 bits per heavy atom. The third kappa shape index (κ3) is 5.42. The maximum Gasteiger partial charge on any atom is 0.338 e. The highest BCUT2D eigenvalue weighted by Crippen LogP contribution is 2.12. The van der Waals surface area contributed by atoms with Crippen LogP contribution in [-0.4, -0.2) is 31.1 Å². The second kappa shape index (κ2) is 7.41. The molecule has 1 aromatic carbocycles. The predicted molar refractivity (Wildman–Crippen MR) is 71.2 cm³/mol. The normalized spacial score (nSPS) is 10.1. The van der Waals surface area contributed by atoms with Gasteiger partial charge in [0.1, 0.15) is 5.75 Å². The summed E-state index contributed by atoms with van der Waals surface area (Å²) in [6, 6.07) is 6.56. The summed E-state index contributed by atoms with van der Waals surface area (Å²) in [6.45, 7) is 5.81. The Labute approximate surface area is 112 Å². The van der Waals surface area contributed by atoms with Crippen molar-refractivity contribution in [3.8, 4) is 5.75 Å². The van der Waals surface area contributed by atoms with Gasteiger partial charge >= 0.3 is 5.97 Å². The van der Waals surface area contributed by atoms with Gasteiger partial charge in [0.2, 0.25) is 0 Å². The second-order valence-electron chi connectivity index (χ2n) is 4.26. The van der Waals surface area contributed by atoms with E-state index in [2.05, 4.69) is 5.32 Å². The van der Waals surface area contributed by atoms with Crippen LogP contribution >= 0.6 is 0 Å². The number of nitrogens with one attached hydrogen (secondary N) is 1. The molecule has 0 saturated heterocycles. The summed E-state index contributed by atoms with van der Waals surface area (Å²) < 4.78 is 10.2. The standard InChI is InChI=1S/C14H19NO4/c1-4-18-14(17)11-5-7-12(8-6-11)19-9-13(16)15-10(2)3/h5-8,10H,4,9H2,1-3H3,(H,15,16). The molecule has 0 fully saturated rings. The fourth-order valence-electron chi connectivity index (χ4n) is 1.41. The molecular weight excluding hydrogens is 246 g/mol. The molecule has 1 rings (SSSR count). The van der Waals surface area contributed by atoms with Crippen LogP contribution in [0.3, 0.4) is 0 Å². The SMILES string of the molecule is CCOC(=O)c1ccc(OCC(=O)NC(C)C)cc1. The molecule has 1 aromatic rings. The van der Waals surface area contributed by atoms with Crippen LogP contribution in [0, 0.1) is 0 Å². The van der Waals surface area contributed by atoms with Crippen molar-refractivity contribution >= 4 is 11.9 Å². The van der Waals surface area contributed by atoms with E-state index < -0.39 is 0 Å². The van der Waals surface area contributed by atoms with E-state index in [4.69, 9.17) is 9.47 Å². The summed E-state index contributed by atoms with van der Waals surface area (Å²) in [5.74, 6) is -0.0111. The summed E-state index contributed by atoms with van der Waals surface area (Å²) in [6.07, 6.45) is 0. The van der Waals surface area contributed by atoms with Crippen LogP contribution in [0.1, 0.15) is 31.1 Å². The smallest absolute Gasteiger partial charge is 0.338 e. The van der Waals surface area contributed by atoms with Crippen LogP contribution in [0.15, 0.2) is 24.3 Å². The van der Waals surface area contributed by atoms with Crippen LogP contribution in [0.25, 0.3) is 0 Å². The van der Waals surface area contributed by atoms with Crippen molar-refractivity contribution in [3.05, 3.63) is 29.8 Å². The molecule has 0 aliphatic heterocycles. The lowest BCUT2D eigenvalue weighted by atomic mass is 10.2. The molecule has 0 unspecified atom stereocenters. The van der Waals surface area contributed by atoms with E-state index in [-0.39, 0.29) is 24.5 Å². The number of carbonyl (C=O) groups excluding carboxylic acids is 2. The van der Waals surface area contributed by atoms with E-state index in [0.29, 0.717) is 17.9 Å². The molecule has 5 heteroatoms. The zero-order valence-corrected chi connectivity index (χ0v) is 11.4. The molecule has 0 atom stereocenters. The van der Waals surface area contributed by atoms with Crippen LogP contribution in [0.5, 0.6) is 5.75 Å². The average molecular weight is 265 g/mol. The van der Waals surface area contributed by atoms with Crippen molar-refractivity contribution in [2.45, 2.75) is 26.8 Å². The first-order valence-electron chi connectivity index (χ1n) is 6.22. The van der Waals surface area contributed by atoms with Gasteiger partial charge in [0.25, 0.3) is 5.91 Å². The minimum atomic E-state index is -0.369. The van der Waals surface area contributed by atoms with E-state index in [1.807, 2.05) is 13.8 Å². The summed E-state index contributed by atoms with van der Waals surface area (Å²) in [4.78, 5) is 22.8. The van der Waals surface area contributed by atoms with Crippen molar-refractivity contribution in [3.63, 3.8) is 0 Å². The molecule has 1 N–H and O–H groups in total. The molecule has 0 radical (unpaired) electrons. The number of hydrogen-bond acceptors (Lipinski definition) is 4. The topological polar surface area (TPSA) is 64.6 Å². The summed E-state index contributed by atoms with van der Waals surface area (Å²) in [7, 11) is 0. The zero-order chi connectivity index (χ0) is 14.3. The quantitative estimate of drug-likeness (QED) is 0.796. The molecule has 1 amide bonds. The highest BCUT2D eigenvalue weighted by atomic mass is 16.5. The first-order chi connectivity index (χ1) is 9.02. The first-order valence-corrected chi connectivity index (χ1v) is 6.22. The zero-order valence-electron chi connectivity index (χ0n) is 11.4. The lowest BCUT2D eigenvalue weighted by Crippen LogP contribution is -2.34. The average Bonchev–Trinajstić information content (AvgIpc) is 2.36. The van der Waals surface area contributed by atoms with Gasteiger partial charge in [0.05, 0.1) is 12.2 Å². The Hall–Kier alpha value is -2.04. The van der Waals surface area contributed by atoms with Crippen LogP contribution < -0.4 is 10.1 Å². The number of rotatable bonds is 6. The minimum Gasteiger partial charge on any atom is -0.484 e. The van der Waals surface area contributed by atoms with Gasteiger partial charge in [-0.05, 0) is 45.0 Å². The maximum atomic E-state index is 11.4. The van der Waals surface area contributed by atoms with E-state index >= 15 is 0 Å². The molecule has 0 heterocycles. The lowest BCUT2D eigenvalue weighted by Gasteiger charge is -2.10. The Morgan fingerprint density at radius 2 is 1.84 bits per heavy atom. The Bertz CT molecular complexity index is 426. The van der Waals surface area contributed by atoms with Crippen LogP contribution in [0.2, 0.25) is 0 Å². The van der Waals surface area contributed by atoms with Gasteiger partial charge in [-0.2, -0.15) is 0 Å². The van der Waals surface area contributed by atoms with Gasteiger partial charge < -0.3 is 14.8 Å². The molecule has 0 spiro atoms. The number of carbonyl (C=O) groups is 2. The molecule has 0 aliphatic carbocycles. The van der Waals surface area contributed by atoms with Crippen molar-refractivity contribution in [1.82, 2.24) is 5.32 Å². The third-order valence-electron chi connectivity index (χ3n) is 2.19. The maximum absolute atomic E-state index is 11.4. The predicted octanol–water partition coefficient (Wildman–Crippen LogP) is 1.77. The summed E-state index contributed by atoms with van der Waals surface area (Å²) >= 11 is 0. The van der Waals surface area contributed by atoms with Crippen molar-refractivity contribution < 1.29 is 19.1 Å². The number of benzene rings is 1. The third-order valence-corrected chi connectivity index (χ3v) is 2.19. The number of amides is 1. The fourth-order valence-corrected chi connectivity index (χ4v) is 1.41. The lowest BCUT2D eigenvalue weighted by molar-refractivity contribution is -0.123. The van der Waals surface area contributed by atoms with E-state index in [0.717, 1.165) is 0 Å². The van der Waals surface area contributed by atoms with Crippen LogP contribution in [-0.2, 0) is 9.53 Å². The molecule has 0 saturated carbocycles. The Kier molecular flexibility index (Phi) is 5.85. The molecule has 19 heavy (non-hydrogen) atoms. The number of hydrogen-bond donors (Lipinski definition) is 1. The van der Waals surface area contributed by atoms with Crippen molar-refractivity contribution in [2.24, 2.45) is 0 Å². The number of ether oxygens (including phenoxy) is 2. The number of esters is 1. The van der Waals surface area contributed by atoms with Gasteiger partial charge in [-0.1, -0.05) is 0 Å². The van der Waals surface area contributed by atoms with Gasteiger partial charge in [-0.25, -0.2) is 4.79 Å². The largest absolute Gasteiger partial charge is 0.484 e. The Balaban J connectivity index is 2.48. The van der Waals surface area contributed by atoms with Gasteiger partial charge in [-0.3, -0.25) is 4.79 Å².